The van der Waals surface area contributed by atoms with Crippen molar-refractivity contribution in [3.8, 4) is 0 Å². The highest BCUT2D eigenvalue weighted by Crippen LogP contribution is 2.36. The summed E-state index contributed by atoms with van der Waals surface area (Å²) in [5, 5.41) is 2.77. The van der Waals surface area contributed by atoms with E-state index in [1.54, 1.807) is 0 Å². The summed E-state index contributed by atoms with van der Waals surface area (Å²) in [4.78, 5) is 36.7. The molecule has 2 rings (SSSR count). The lowest BCUT2D eigenvalue weighted by Crippen LogP contribution is -2.31. The van der Waals surface area contributed by atoms with Gasteiger partial charge in [0.05, 0.1) is 19.4 Å². The van der Waals surface area contributed by atoms with Gasteiger partial charge in [-0.25, -0.2) is 4.39 Å². The van der Waals surface area contributed by atoms with Gasteiger partial charge in [0, 0.05) is 0 Å². The van der Waals surface area contributed by atoms with Crippen molar-refractivity contribution < 1.29 is 18.7 Å². The summed E-state index contributed by atoms with van der Waals surface area (Å²) >= 11 is 0. The molecule has 0 fully saturated rings. The highest BCUT2D eigenvalue weighted by atomic mass is 31.2. The van der Waals surface area contributed by atoms with Gasteiger partial charge in [0.25, 0.3) is 5.56 Å². The molecule has 1 unspecified atom stereocenters. The number of aromatic amines is 1. The minimum Gasteiger partial charge on any atom is -0.369 e. The highest BCUT2D eigenvalue weighted by molar-refractivity contribution is 7.51. The van der Waals surface area contributed by atoms with Crippen LogP contribution >= 0.6 is 7.60 Å². The summed E-state index contributed by atoms with van der Waals surface area (Å²) in [6.07, 6.45) is -2.24. The number of nitrogens with two attached hydrogens (primary N) is 1. The molecular weight excluding hydrogens is 292 g/mol. The second-order valence-electron chi connectivity index (χ2n) is 4.48. The molecule has 6 N–H and O–H groups in total. The Kier molecular flexibility index (Phi) is 3.98. The molecule has 0 aliphatic carbocycles. The number of alkyl halides is 1. The van der Waals surface area contributed by atoms with E-state index in [0.717, 1.165) is 0 Å². The molecule has 0 saturated heterocycles. The lowest BCUT2D eigenvalue weighted by Gasteiger charge is -2.19. The number of nitrogen functional groups attached to an aromatic ring is 1. The molecule has 0 bridgehead atoms. The number of aromatic nitrogens is 2. The lowest BCUT2D eigenvalue weighted by atomic mass is 10.3. The van der Waals surface area contributed by atoms with Crippen molar-refractivity contribution in [1.82, 2.24) is 9.97 Å². The molecule has 1 atom stereocenters. The standard InChI is InChI=1S/C9H15FN5O4P/c10-5(1-2-20(17,18)19)3-15-4-12-6-7(15)13-9(11)14-8(6)16/h5,12H,1-4H2,(H2,17,18,19)(H3,11,13,14,16). The first-order valence-corrected chi connectivity index (χ1v) is 7.63. The number of hydrogen-bond acceptors (Lipinski definition) is 6. The van der Waals surface area contributed by atoms with Crippen molar-refractivity contribution in [3.63, 3.8) is 0 Å². The maximum atomic E-state index is 13.7. The van der Waals surface area contributed by atoms with Crippen LogP contribution in [-0.4, -0.2) is 45.3 Å². The molecule has 1 aliphatic heterocycles. The molecule has 9 nitrogen and oxygen atoms in total. The predicted octanol–water partition coefficient (Wildman–Crippen LogP) is -0.553. The van der Waals surface area contributed by atoms with Crippen LogP contribution < -0.4 is 21.5 Å². The van der Waals surface area contributed by atoms with Crippen molar-refractivity contribution in [3.05, 3.63) is 10.4 Å². The van der Waals surface area contributed by atoms with Gasteiger partial charge in [0.1, 0.15) is 11.9 Å². The second-order valence-corrected chi connectivity index (χ2v) is 6.26. The number of rotatable bonds is 5. The van der Waals surface area contributed by atoms with E-state index < -0.39 is 25.5 Å². The van der Waals surface area contributed by atoms with Gasteiger partial charge in [-0.3, -0.25) is 14.3 Å². The maximum absolute atomic E-state index is 13.7. The quantitative estimate of drug-likeness (QED) is 0.455. The monoisotopic (exact) mass is 307 g/mol. The topological polar surface area (TPSA) is 145 Å². The van der Waals surface area contributed by atoms with Crippen LogP contribution in [0.15, 0.2) is 4.79 Å². The van der Waals surface area contributed by atoms with E-state index in [1.165, 1.54) is 4.90 Å². The van der Waals surface area contributed by atoms with Gasteiger partial charge >= 0.3 is 7.60 Å². The van der Waals surface area contributed by atoms with Gasteiger partial charge < -0.3 is 25.7 Å². The molecule has 1 aromatic rings. The van der Waals surface area contributed by atoms with Gasteiger partial charge in [0.2, 0.25) is 5.95 Å². The Morgan fingerprint density at radius 2 is 2.25 bits per heavy atom. The smallest absolute Gasteiger partial charge is 0.325 e. The fourth-order valence-corrected chi connectivity index (χ4v) is 2.52. The Morgan fingerprint density at radius 3 is 2.90 bits per heavy atom. The molecule has 1 aromatic heterocycles. The van der Waals surface area contributed by atoms with Crippen LogP contribution in [0.25, 0.3) is 0 Å². The molecule has 0 spiro atoms. The van der Waals surface area contributed by atoms with Crippen molar-refractivity contribution in [2.75, 3.05) is 35.3 Å². The van der Waals surface area contributed by atoms with E-state index in [-0.39, 0.29) is 37.1 Å². The van der Waals surface area contributed by atoms with E-state index in [4.69, 9.17) is 15.5 Å². The third kappa shape index (κ3) is 3.47. The molecule has 20 heavy (non-hydrogen) atoms. The zero-order valence-corrected chi connectivity index (χ0v) is 11.3. The molecule has 0 aromatic carbocycles. The maximum Gasteiger partial charge on any atom is 0.325 e. The lowest BCUT2D eigenvalue weighted by molar-refractivity contribution is 0.313. The van der Waals surface area contributed by atoms with Crippen LogP contribution in [0.1, 0.15) is 6.42 Å². The Bertz CT molecular complexity index is 602. The SMILES string of the molecule is Nc1nc2c(c(=O)[nH]1)NCN2CC(F)CCP(=O)(O)O. The Labute approximate surface area is 113 Å². The van der Waals surface area contributed by atoms with Gasteiger partial charge in [-0.2, -0.15) is 4.98 Å². The first kappa shape index (κ1) is 14.8. The van der Waals surface area contributed by atoms with Crippen LogP contribution in [0.4, 0.5) is 21.8 Å². The van der Waals surface area contributed by atoms with Crippen molar-refractivity contribution >= 4 is 25.0 Å². The average Bonchev–Trinajstić information content (AvgIpc) is 2.69. The number of nitrogens with zero attached hydrogens (tertiary/aromatic N) is 2. The largest absolute Gasteiger partial charge is 0.369 e. The normalized spacial score (nSPS) is 15.8. The first-order valence-electron chi connectivity index (χ1n) is 5.83. The zero-order valence-electron chi connectivity index (χ0n) is 10.4. The highest BCUT2D eigenvalue weighted by Gasteiger charge is 2.27. The number of nitrogens with one attached hydrogen (secondary N) is 2. The third-order valence-corrected chi connectivity index (χ3v) is 3.66. The van der Waals surface area contributed by atoms with Gasteiger partial charge in [0.15, 0.2) is 5.82 Å². The van der Waals surface area contributed by atoms with E-state index >= 15 is 0 Å². The molecule has 11 heteroatoms. The zero-order chi connectivity index (χ0) is 14.9. The fraction of sp³-hybridized carbons (Fsp3) is 0.556. The number of H-pyrrole nitrogens is 1. The fourth-order valence-electron chi connectivity index (χ4n) is 1.91. The minimum absolute atomic E-state index is 0.0759. The minimum atomic E-state index is -4.21. The molecule has 2 heterocycles. The van der Waals surface area contributed by atoms with E-state index in [2.05, 4.69) is 15.3 Å². The Balaban J connectivity index is 2.04. The summed E-state index contributed by atoms with van der Waals surface area (Å²) < 4.78 is 24.4. The molecule has 112 valence electrons. The van der Waals surface area contributed by atoms with Crippen molar-refractivity contribution in [2.24, 2.45) is 0 Å². The van der Waals surface area contributed by atoms with Crippen LogP contribution in [-0.2, 0) is 4.57 Å². The van der Waals surface area contributed by atoms with Gasteiger partial charge in [-0.15, -0.1) is 0 Å². The summed E-state index contributed by atoms with van der Waals surface area (Å²) in [6, 6.07) is 0. The van der Waals surface area contributed by atoms with Crippen molar-refractivity contribution in [1.29, 1.82) is 0 Å². The van der Waals surface area contributed by atoms with E-state index in [9.17, 15) is 13.8 Å². The van der Waals surface area contributed by atoms with Crippen LogP contribution in [0.3, 0.4) is 0 Å². The number of halogens is 1. The van der Waals surface area contributed by atoms with E-state index in [1.807, 2.05) is 0 Å². The van der Waals surface area contributed by atoms with Crippen molar-refractivity contribution in [2.45, 2.75) is 12.6 Å². The molecule has 1 aliphatic rings. The average molecular weight is 307 g/mol. The number of fused-ring (bicyclic) bond motifs is 1. The Morgan fingerprint density at radius 1 is 1.55 bits per heavy atom. The first-order chi connectivity index (χ1) is 9.26. The number of anilines is 3. The third-order valence-electron chi connectivity index (χ3n) is 2.82. The van der Waals surface area contributed by atoms with Crippen LogP contribution in [0, 0.1) is 0 Å². The van der Waals surface area contributed by atoms with Crippen LogP contribution in [0.2, 0.25) is 0 Å². The second kappa shape index (κ2) is 5.39. The summed E-state index contributed by atoms with van der Waals surface area (Å²) in [5.74, 6) is 0.165. The van der Waals surface area contributed by atoms with Gasteiger partial charge in [-0.05, 0) is 6.42 Å². The summed E-state index contributed by atoms with van der Waals surface area (Å²) in [7, 11) is -4.21. The summed E-state index contributed by atoms with van der Waals surface area (Å²) in [6.45, 7) is 0.0566. The molecule has 0 radical (unpaired) electrons. The van der Waals surface area contributed by atoms with Gasteiger partial charge in [-0.1, -0.05) is 0 Å². The Hall–Kier alpha value is -1.64. The van der Waals surface area contributed by atoms with Crippen LogP contribution in [0.5, 0.6) is 0 Å². The number of hydrogen-bond donors (Lipinski definition) is 5. The molecule has 0 amide bonds. The predicted molar refractivity (Wildman–Crippen MR) is 71.5 cm³/mol. The van der Waals surface area contributed by atoms with E-state index in [0.29, 0.717) is 0 Å². The summed E-state index contributed by atoms with van der Waals surface area (Å²) in [5.41, 5.74) is 5.19. The molecular formula is C9H15FN5O4P. The molecule has 0 saturated carbocycles.